The molecule has 0 aliphatic rings. The van der Waals surface area contributed by atoms with E-state index in [0.717, 1.165) is 21.3 Å². The summed E-state index contributed by atoms with van der Waals surface area (Å²) in [5.74, 6) is 0.714. The van der Waals surface area contributed by atoms with Crippen molar-refractivity contribution in [2.45, 2.75) is 26.7 Å². The van der Waals surface area contributed by atoms with E-state index in [1.54, 1.807) is 12.4 Å². The van der Waals surface area contributed by atoms with Crippen molar-refractivity contribution in [3.8, 4) is 11.4 Å². The van der Waals surface area contributed by atoms with Crippen LogP contribution in [0.2, 0.25) is 0 Å². The van der Waals surface area contributed by atoms with E-state index in [1.807, 2.05) is 26.8 Å². The second kappa shape index (κ2) is 5.02. The van der Waals surface area contributed by atoms with Gasteiger partial charge in [-0.15, -0.1) is 0 Å². The molecule has 0 unspecified atom stereocenters. The number of nitrogens with zero attached hydrogens (tertiary/aromatic N) is 2. The summed E-state index contributed by atoms with van der Waals surface area (Å²) in [4.78, 5) is 23.4. The van der Waals surface area contributed by atoms with Crippen LogP contribution in [-0.2, 0) is 0 Å². The maximum absolute atomic E-state index is 12.0. The van der Waals surface area contributed by atoms with Gasteiger partial charge in [-0.25, -0.2) is 4.98 Å². The molecule has 18 heavy (non-hydrogen) atoms. The molecule has 2 rings (SSSR count). The zero-order valence-corrected chi connectivity index (χ0v) is 12.1. The summed E-state index contributed by atoms with van der Waals surface area (Å²) in [6.07, 6.45) is 3.37. The van der Waals surface area contributed by atoms with Crippen molar-refractivity contribution >= 4 is 15.9 Å². The van der Waals surface area contributed by atoms with Gasteiger partial charge < -0.3 is 4.98 Å². The Morgan fingerprint density at radius 3 is 2.61 bits per heavy atom. The minimum Gasteiger partial charge on any atom is -0.306 e. The Kier molecular flexibility index (Phi) is 3.61. The van der Waals surface area contributed by atoms with Crippen LogP contribution in [0.15, 0.2) is 27.7 Å². The summed E-state index contributed by atoms with van der Waals surface area (Å²) in [5.41, 5.74) is 2.22. The minimum absolute atomic E-state index is 0.0764. The highest BCUT2D eigenvalue weighted by Gasteiger charge is 2.12. The lowest BCUT2D eigenvalue weighted by molar-refractivity contribution is 0.814. The summed E-state index contributed by atoms with van der Waals surface area (Å²) in [6.45, 7) is 5.83. The fourth-order valence-electron chi connectivity index (χ4n) is 1.95. The highest BCUT2D eigenvalue weighted by Crippen LogP contribution is 2.19. The lowest BCUT2D eigenvalue weighted by atomic mass is 10.0. The first kappa shape index (κ1) is 13.0. The van der Waals surface area contributed by atoms with Crippen LogP contribution in [0.5, 0.6) is 0 Å². The standard InChI is InChI=1S/C13H14BrN3O/c1-7(2)11-8(3)16-12(17-13(11)18)9-4-10(14)6-15-5-9/h4-7H,1-3H3,(H,16,17,18). The number of aryl methyl sites for hydroxylation is 1. The highest BCUT2D eigenvalue weighted by molar-refractivity contribution is 9.10. The summed E-state index contributed by atoms with van der Waals surface area (Å²) >= 11 is 3.35. The van der Waals surface area contributed by atoms with Crippen LogP contribution in [-0.4, -0.2) is 15.0 Å². The van der Waals surface area contributed by atoms with Crippen LogP contribution in [0.4, 0.5) is 0 Å². The van der Waals surface area contributed by atoms with Crippen LogP contribution in [0, 0.1) is 6.92 Å². The van der Waals surface area contributed by atoms with Gasteiger partial charge in [-0.3, -0.25) is 9.78 Å². The third kappa shape index (κ3) is 2.51. The third-order valence-electron chi connectivity index (χ3n) is 2.70. The summed E-state index contributed by atoms with van der Waals surface area (Å²) in [6, 6.07) is 1.87. The molecule has 0 aliphatic heterocycles. The number of aromatic nitrogens is 3. The number of halogens is 1. The first-order valence-corrected chi connectivity index (χ1v) is 6.50. The van der Waals surface area contributed by atoms with Gasteiger partial charge in [0.25, 0.3) is 5.56 Å². The van der Waals surface area contributed by atoms with Crippen LogP contribution in [0.1, 0.15) is 31.0 Å². The van der Waals surface area contributed by atoms with Gasteiger partial charge in [-0.05, 0) is 34.8 Å². The largest absolute Gasteiger partial charge is 0.306 e. The third-order valence-corrected chi connectivity index (χ3v) is 3.14. The fourth-order valence-corrected chi connectivity index (χ4v) is 2.32. The van der Waals surface area contributed by atoms with E-state index >= 15 is 0 Å². The van der Waals surface area contributed by atoms with Crippen molar-refractivity contribution in [3.05, 3.63) is 44.5 Å². The molecule has 4 nitrogen and oxygen atoms in total. The smallest absolute Gasteiger partial charge is 0.254 e. The lowest BCUT2D eigenvalue weighted by Crippen LogP contribution is -2.18. The van der Waals surface area contributed by atoms with Gasteiger partial charge in [0.15, 0.2) is 0 Å². The second-order valence-corrected chi connectivity index (χ2v) is 5.38. The molecule has 0 aromatic carbocycles. The summed E-state index contributed by atoms with van der Waals surface area (Å²) in [5, 5.41) is 0. The SMILES string of the molecule is Cc1nc(-c2cncc(Br)c2)[nH]c(=O)c1C(C)C. The highest BCUT2D eigenvalue weighted by atomic mass is 79.9. The molecule has 94 valence electrons. The molecule has 2 aromatic rings. The predicted molar refractivity (Wildman–Crippen MR) is 74.6 cm³/mol. The number of H-pyrrole nitrogens is 1. The number of pyridine rings is 1. The van der Waals surface area contributed by atoms with E-state index in [1.165, 1.54) is 0 Å². The van der Waals surface area contributed by atoms with Crippen LogP contribution < -0.4 is 5.56 Å². The number of rotatable bonds is 2. The van der Waals surface area contributed by atoms with E-state index < -0.39 is 0 Å². The minimum atomic E-state index is -0.0764. The Labute approximate surface area is 114 Å². The Balaban J connectivity index is 2.59. The monoisotopic (exact) mass is 307 g/mol. The van der Waals surface area contributed by atoms with Crippen LogP contribution in [0.3, 0.4) is 0 Å². The molecule has 0 fully saturated rings. The molecule has 5 heteroatoms. The quantitative estimate of drug-likeness (QED) is 0.927. The summed E-state index contributed by atoms with van der Waals surface area (Å²) in [7, 11) is 0. The normalized spacial score (nSPS) is 10.9. The number of nitrogens with one attached hydrogen (secondary N) is 1. The van der Waals surface area contributed by atoms with Crippen molar-refractivity contribution in [2.24, 2.45) is 0 Å². The molecule has 2 heterocycles. The van der Waals surface area contributed by atoms with Gasteiger partial charge in [0.05, 0.1) is 0 Å². The Morgan fingerprint density at radius 2 is 2.06 bits per heavy atom. The Morgan fingerprint density at radius 1 is 1.33 bits per heavy atom. The molecule has 0 amide bonds. The average Bonchev–Trinajstić information content (AvgIpc) is 2.27. The van der Waals surface area contributed by atoms with E-state index in [-0.39, 0.29) is 11.5 Å². The van der Waals surface area contributed by atoms with Crippen molar-refractivity contribution in [1.29, 1.82) is 0 Å². The molecule has 0 saturated carbocycles. The lowest BCUT2D eigenvalue weighted by Gasteiger charge is -2.09. The second-order valence-electron chi connectivity index (χ2n) is 4.46. The zero-order valence-electron chi connectivity index (χ0n) is 10.5. The van der Waals surface area contributed by atoms with Gasteiger partial charge >= 0.3 is 0 Å². The van der Waals surface area contributed by atoms with E-state index in [2.05, 4.69) is 30.9 Å². The van der Waals surface area contributed by atoms with E-state index in [9.17, 15) is 4.79 Å². The topological polar surface area (TPSA) is 58.6 Å². The van der Waals surface area contributed by atoms with Crippen molar-refractivity contribution in [3.63, 3.8) is 0 Å². The predicted octanol–water partition coefficient (Wildman–Crippen LogP) is 3.03. The fraction of sp³-hybridized carbons (Fsp3) is 0.308. The molecule has 0 aliphatic carbocycles. The molecule has 0 radical (unpaired) electrons. The van der Waals surface area contributed by atoms with Crippen LogP contribution >= 0.6 is 15.9 Å². The first-order chi connectivity index (χ1) is 8.49. The van der Waals surface area contributed by atoms with Gasteiger partial charge in [0.1, 0.15) is 5.82 Å². The molecule has 0 spiro atoms. The van der Waals surface area contributed by atoms with Crippen molar-refractivity contribution in [1.82, 2.24) is 15.0 Å². The summed E-state index contributed by atoms with van der Waals surface area (Å²) < 4.78 is 0.855. The number of hydrogen-bond donors (Lipinski definition) is 1. The van der Waals surface area contributed by atoms with Crippen molar-refractivity contribution in [2.75, 3.05) is 0 Å². The van der Waals surface area contributed by atoms with Crippen molar-refractivity contribution < 1.29 is 0 Å². The number of hydrogen-bond acceptors (Lipinski definition) is 3. The Hall–Kier alpha value is -1.49. The van der Waals surface area contributed by atoms with Gasteiger partial charge in [-0.2, -0.15) is 0 Å². The maximum Gasteiger partial charge on any atom is 0.254 e. The molecule has 2 aromatic heterocycles. The van der Waals surface area contributed by atoms with Crippen LogP contribution in [0.25, 0.3) is 11.4 Å². The van der Waals surface area contributed by atoms with Gasteiger partial charge in [-0.1, -0.05) is 13.8 Å². The molecule has 0 saturated heterocycles. The maximum atomic E-state index is 12.0. The molecule has 1 N–H and O–H groups in total. The molecule has 0 bridgehead atoms. The molecular weight excluding hydrogens is 294 g/mol. The van der Waals surface area contributed by atoms with Gasteiger partial charge in [0, 0.05) is 33.7 Å². The zero-order chi connectivity index (χ0) is 13.3. The first-order valence-electron chi connectivity index (χ1n) is 5.70. The average molecular weight is 308 g/mol. The van der Waals surface area contributed by atoms with E-state index in [4.69, 9.17) is 0 Å². The molecular formula is C13H14BrN3O. The molecule has 0 atom stereocenters. The van der Waals surface area contributed by atoms with Gasteiger partial charge in [0.2, 0.25) is 0 Å². The number of aromatic amines is 1. The van der Waals surface area contributed by atoms with E-state index in [0.29, 0.717) is 5.82 Å². The Bertz CT molecular complexity index is 634.